The summed E-state index contributed by atoms with van der Waals surface area (Å²) in [7, 11) is 0. The monoisotopic (exact) mass is 124 g/mol. The molecule has 0 aliphatic heterocycles. The Morgan fingerprint density at radius 3 is 2.89 bits per heavy atom. The average molecular weight is 124 g/mol. The largest absolute Gasteiger partial charge is 0.303 e. The molecule has 2 unspecified atom stereocenters. The van der Waals surface area contributed by atoms with Crippen LogP contribution in [0.4, 0.5) is 0 Å². The number of hydrogen-bond donors (Lipinski definition) is 0. The highest BCUT2D eigenvalue weighted by Crippen LogP contribution is 2.21. The Morgan fingerprint density at radius 1 is 1.67 bits per heavy atom. The number of carbonyl (C=O) groups excluding carboxylic acids is 1. The van der Waals surface area contributed by atoms with Gasteiger partial charge in [-0.05, 0) is 18.8 Å². The summed E-state index contributed by atoms with van der Waals surface area (Å²) in [5, 5.41) is 0. The minimum absolute atomic E-state index is 0.287. The Hall–Kier alpha value is -0.590. The van der Waals surface area contributed by atoms with Gasteiger partial charge in [0.15, 0.2) is 0 Å². The van der Waals surface area contributed by atoms with E-state index in [1.54, 1.807) is 0 Å². The van der Waals surface area contributed by atoms with Crippen LogP contribution in [0.15, 0.2) is 12.2 Å². The Balaban J connectivity index is 2.54. The van der Waals surface area contributed by atoms with Crippen LogP contribution in [0.5, 0.6) is 0 Å². The molecule has 0 N–H and O–H groups in total. The SMILES string of the molecule is CC1C=CCCC1C=O. The van der Waals surface area contributed by atoms with Crippen LogP contribution in [0.2, 0.25) is 0 Å². The second kappa shape index (κ2) is 2.81. The number of hydrogen-bond acceptors (Lipinski definition) is 1. The van der Waals surface area contributed by atoms with Gasteiger partial charge in [0.05, 0.1) is 0 Å². The standard InChI is InChI=1S/C8H12O/c1-7-4-2-3-5-8(7)6-9/h2,4,6-8H,3,5H2,1H3. The van der Waals surface area contributed by atoms with Gasteiger partial charge in [0, 0.05) is 5.92 Å². The van der Waals surface area contributed by atoms with E-state index in [2.05, 4.69) is 19.1 Å². The lowest BCUT2D eigenvalue weighted by Crippen LogP contribution is -2.13. The molecule has 1 nitrogen and oxygen atoms in total. The van der Waals surface area contributed by atoms with Crippen molar-refractivity contribution in [3.63, 3.8) is 0 Å². The Labute approximate surface area is 55.8 Å². The number of allylic oxidation sites excluding steroid dienone is 2. The summed E-state index contributed by atoms with van der Waals surface area (Å²) in [6, 6.07) is 0. The maximum Gasteiger partial charge on any atom is 0.123 e. The van der Waals surface area contributed by atoms with Crippen molar-refractivity contribution in [2.75, 3.05) is 0 Å². The topological polar surface area (TPSA) is 17.1 Å². The van der Waals surface area contributed by atoms with Gasteiger partial charge < -0.3 is 4.79 Å². The van der Waals surface area contributed by atoms with E-state index in [-0.39, 0.29) is 5.92 Å². The van der Waals surface area contributed by atoms with Gasteiger partial charge in [0.25, 0.3) is 0 Å². The van der Waals surface area contributed by atoms with Crippen LogP contribution in [0.25, 0.3) is 0 Å². The first-order valence-corrected chi connectivity index (χ1v) is 3.46. The summed E-state index contributed by atoms with van der Waals surface area (Å²) >= 11 is 0. The molecule has 9 heavy (non-hydrogen) atoms. The van der Waals surface area contributed by atoms with Gasteiger partial charge in [-0.3, -0.25) is 0 Å². The molecule has 0 saturated carbocycles. The van der Waals surface area contributed by atoms with Gasteiger partial charge >= 0.3 is 0 Å². The zero-order valence-corrected chi connectivity index (χ0v) is 5.71. The maximum absolute atomic E-state index is 10.3. The van der Waals surface area contributed by atoms with Crippen LogP contribution in [-0.4, -0.2) is 6.29 Å². The molecule has 50 valence electrons. The first kappa shape index (κ1) is 6.53. The zero-order valence-electron chi connectivity index (χ0n) is 5.71. The van der Waals surface area contributed by atoms with Crippen LogP contribution in [0.3, 0.4) is 0 Å². The molecule has 0 fully saturated rings. The van der Waals surface area contributed by atoms with Crippen LogP contribution in [-0.2, 0) is 4.79 Å². The first-order valence-electron chi connectivity index (χ1n) is 3.46. The molecule has 0 spiro atoms. The van der Waals surface area contributed by atoms with Gasteiger partial charge in [-0.25, -0.2) is 0 Å². The predicted molar refractivity (Wildman–Crippen MR) is 37.1 cm³/mol. The minimum atomic E-state index is 0.287. The van der Waals surface area contributed by atoms with Crippen molar-refractivity contribution >= 4 is 6.29 Å². The fraction of sp³-hybridized carbons (Fsp3) is 0.625. The Kier molecular flexibility index (Phi) is 2.04. The summed E-state index contributed by atoms with van der Waals surface area (Å²) in [5.41, 5.74) is 0. The quantitative estimate of drug-likeness (QED) is 0.384. The van der Waals surface area contributed by atoms with Gasteiger partial charge in [-0.15, -0.1) is 0 Å². The van der Waals surface area contributed by atoms with Gasteiger partial charge in [0.2, 0.25) is 0 Å². The van der Waals surface area contributed by atoms with Crippen LogP contribution >= 0.6 is 0 Å². The van der Waals surface area contributed by atoms with Crippen LogP contribution < -0.4 is 0 Å². The lowest BCUT2D eigenvalue weighted by Gasteiger charge is -2.17. The molecule has 0 radical (unpaired) electrons. The van der Waals surface area contributed by atoms with E-state index >= 15 is 0 Å². The molecule has 0 bridgehead atoms. The van der Waals surface area contributed by atoms with Crippen molar-refractivity contribution in [1.82, 2.24) is 0 Å². The second-order valence-corrected chi connectivity index (χ2v) is 2.66. The lowest BCUT2D eigenvalue weighted by molar-refractivity contribution is -0.112. The van der Waals surface area contributed by atoms with E-state index in [0.717, 1.165) is 19.1 Å². The molecule has 0 aromatic carbocycles. The number of aldehydes is 1. The van der Waals surface area contributed by atoms with Crippen molar-refractivity contribution in [2.45, 2.75) is 19.8 Å². The number of rotatable bonds is 1. The van der Waals surface area contributed by atoms with E-state index in [9.17, 15) is 4.79 Å². The normalized spacial score (nSPS) is 34.3. The van der Waals surface area contributed by atoms with Gasteiger partial charge in [-0.1, -0.05) is 19.1 Å². The van der Waals surface area contributed by atoms with Crippen molar-refractivity contribution in [2.24, 2.45) is 11.8 Å². The highest BCUT2D eigenvalue weighted by molar-refractivity contribution is 5.54. The molecule has 1 aliphatic carbocycles. The molecular formula is C8H12O. The fourth-order valence-electron chi connectivity index (χ4n) is 1.20. The molecular weight excluding hydrogens is 112 g/mol. The first-order chi connectivity index (χ1) is 4.34. The smallest absolute Gasteiger partial charge is 0.123 e. The van der Waals surface area contributed by atoms with Crippen molar-refractivity contribution in [3.8, 4) is 0 Å². The second-order valence-electron chi connectivity index (χ2n) is 2.66. The van der Waals surface area contributed by atoms with Crippen LogP contribution in [0.1, 0.15) is 19.8 Å². The fourth-order valence-corrected chi connectivity index (χ4v) is 1.20. The molecule has 0 aromatic rings. The summed E-state index contributed by atoms with van der Waals surface area (Å²) < 4.78 is 0. The third kappa shape index (κ3) is 1.41. The molecule has 1 aliphatic rings. The van der Waals surface area contributed by atoms with Crippen molar-refractivity contribution < 1.29 is 4.79 Å². The molecule has 1 heteroatoms. The molecule has 1 rings (SSSR count). The van der Waals surface area contributed by atoms with Crippen molar-refractivity contribution in [1.29, 1.82) is 0 Å². The summed E-state index contributed by atoms with van der Waals surface area (Å²) in [4.78, 5) is 10.3. The average Bonchev–Trinajstić information content (AvgIpc) is 1.89. The predicted octanol–water partition coefficient (Wildman–Crippen LogP) is 1.79. The summed E-state index contributed by atoms with van der Waals surface area (Å²) in [6.07, 6.45) is 7.48. The Bertz CT molecular complexity index is 127. The Morgan fingerprint density at radius 2 is 2.44 bits per heavy atom. The molecule has 0 amide bonds. The molecule has 2 atom stereocenters. The number of carbonyl (C=O) groups is 1. The van der Waals surface area contributed by atoms with E-state index in [1.165, 1.54) is 0 Å². The maximum atomic E-state index is 10.3. The lowest BCUT2D eigenvalue weighted by atomic mass is 9.87. The minimum Gasteiger partial charge on any atom is -0.303 e. The van der Waals surface area contributed by atoms with E-state index in [4.69, 9.17) is 0 Å². The van der Waals surface area contributed by atoms with E-state index in [0.29, 0.717) is 5.92 Å². The molecule has 0 aromatic heterocycles. The molecule has 0 heterocycles. The van der Waals surface area contributed by atoms with E-state index < -0.39 is 0 Å². The zero-order chi connectivity index (χ0) is 6.69. The molecule has 0 saturated heterocycles. The highest BCUT2D eigenvalue weighted by atomic mass is 16.1. The van der Waals surface area contributed by atoms with Crippen LogP contribution in [0, 0.1) is 11.8 Å². The third-order valence-corrected chi connectivity index (χ3v) is 1.96. The van der Waals surface area contributed by atoms with E-state index in [1.807, 2.05) is 0 Å². The third-order valence-electron chi connectivity index (χ3n) is 1.96. The van der Waals surface area contributed by atoms with Gasteiger partial charge in [0.1, 0.15) is 6.29 Å². The highest BCUT2D eigenvalue weighted by Gasteiger charge is 2.15. The summed E-state index contributed by atoms with van der Waals surface area (Å²) in [6.45, 7) is 2.09. The van der Waals surface area contributed by atoms with Crippen molar-refractivity contribution in [3.05, 3.63) is 12.2 Å². The van der Waals surface area contributed by atoms with Gasteiger partial charge in [-0.2, -0.15) is 0 Å². The summed E-state index contributed by atoms with van der Waals surface area (Å²) in [5.74, 6) is 0.756.